The Bertz CT molecular complexity index is 944. The molecule has 0 unspecified atom stereocenters. The highest BCUT2D eigenvalue weighted by molar-refractivity contribution is 7.15. The summed E-state index contributed by atoms with van der Waals surface area (Å²) < 4.78 is 39.4. The van der Waals surface area contributed by atoms with Crippen LogP contribution in [0.4, 0.5) is 23.1 Å². The van der Waals surface area contributed by atoms with Gasteiger partial charge in [-0.15, -0.1) is 10.2 Å². The van der Waals surface area contributed by atoms with Gasteiger partial charge in [-0.25, -0.2) is 4.79 Å². The first-order valence-corrected chi connectivity index (χ1v) is 10.5. The van der Waals surface area contributed by atoms with Crippen molar-refractivity contribution in [3.8, 4) is 0 Å². The van der Waals surface area contributed by atoms with Crippen LogP contribution in [0.25, 0.3) is 0 Å². The van der Waals surface area contributed by atoms with Crippen molar-refractivity contribution >= 4 is 28.4 Å². The molecule has 30 heavy (non-hydrogen) atoms. The minimum absolute atomic E-state index is 0.0765. The monoisotopic (exact) mass is 439 g/mol. The normalized spacial score (nSPS) is 17.8. The van der Waals surface area contributed by atoms with E-state index < -0.39 is 23.8 Å². The number of carbonyl (C=O) groups excluding carboxylic acids is 2. The first-order chi connectivity index (χ1) is 14.3. The molecule has 11 heteroatoms. The van der Waals surface area contributed by atoms with Gasteiger partial charge in [0, 0.05) is 25.4 Å². The van der Waals surface area contributed by atoms with Crippen LogP contribution in [0, 0.1) is 0 Å². The molecule has 1 saturated carbocycles. The van der Waals surface area contributed by atoms with Crippen LogP contribution in [0.3, 0.4) is 0 Å². The molecule has 7 nitrogen and oxygen atoms in total. The lowest BCUT2D eigenvalue weighted by Crippen LogP contribution is -2.40. The summed E-state index contributed by atoms with van der Waals surface area (Å²) in [5, 5.41) is 14.5. The first-order valence-electron chi connectivity index (χ1n) is 9.65. The Balaban J connectivity index is 1.50. The van der Waals surface area contributed by atoms with Crippen LogP contribution in [0.5, 0.6) is 0 Å². The van der Waals surface area contributed by atoms with Gasteiger partial charge in [-0.3, -0.25) is 10.1 Å². The summed E-state index contributed by atoms with van der Waals surface area (Å²) in [6, 6.07) is 3.37. The van der Waals surface area contributed by atoms with E-state index in [2.05, 4.69) is 20.8 Å². The Morgan fingerprint density at radius 2 is 2.10 bits per heavy atom. The number of aromatic nitrogens is 2. The molecule has 1 aliphatic heterocycles. The summed E-state index contributed by atoms with van der Waals surface area (Å²) in [7, 11) is 0. The van der Waals surface area contributed by atoms with Crippen molar-refractivity contribution in [3.63, 3.8) is 0 Å². The number of amides is 3. The van der Waals surface area contributed by atoms with Gasteiger partial charge in [0.05, 0.1) is 11.6 Å². The molecule has 2 N–H and O–H groups in total. The third-order valence-electron chi connectivity index (χ3n) is 5.08. The molecule has 0 spiro atoms. The predicted molar refractivity (Wildman–Crippen MR) is 104 cm³/mol. The van der Waals surface area contributed by atoms with E-state index in [0.29, 0.717) is 30.4 Å². The molecule has 2 heterocycles. The predicted octanol–water partition coefficient (Wildman–Crippen LogP) is 3.92. The SMILES string of the molecule is O=C(Nc1nnc(C2CC2)s1)N[C@H](CN1CCCC1=O)c1cccc(C(F)(F)F)c1. The maximum atomic E-state index is 13.1. The quantitative estimate of drug-likeness (QED) is 0.714. The van der Waals surface area contributed by atoms with Gasteiger partial charge in [-0.2, -0.15) is 13.2 Å². The highest BCUT2D eigenvalue weighted by Crippen LogP contribution is 2.42. The smallest absolute Gasteiger partial charge is 0.340 e. The number of halogens is 3. The summed E-state index contributed by atoms with van der Waals surface area (Å²) in [5.41, 5.74) is -0.534. The average molecular weight is 439 g/mol. The van der Waals surface area contributed by atoms with Gasteiger partial charge in [0.25, 0.3) is 0 Å². The van der Waals surface area contributed by atoms with Gasteiger partial charge >= 0.3 is 12.2 Å². The second-order valence-corrected chi connectivity index (χ2v) is 8.45. The number of alkyl halides is 3. The molecule has 3 amide bonds. The van der Waals surface area contributed by atoms with Gasteiger partial charge in [-0.05, 0) is 37.0 Å². The van der Waals surface area contributed by atoms with Crippen molar-refractivity contribution in [3.05, 3.63) is 40.4 Å². The number of hydrogen-bond donors (Lipinski definition) is 2. The van der Waals surface area contributed by atoms with Gasteiger partial charge in [0.1, 0.15) is 5.01 Å². The summed E-state index contributed by atoms with van der Waals surface area (Å²) >= 11 is 1.29. The van der Waals surface area contributed by atoms with Crippen LogP contribution in [-0.4, -0.2) is 40.1 Å². The molecule has 1 saturated heterocycles. The van der Waals surface area contributed by atoms with E-state index in [4.69, 9.17) is 0 Å². The third-order valence-corrected chi connectivity index (χ3v) is 6.08. The van der Waals surface area contributed by atoms with Crippen molar-refractivity contribution in [1.29, 1.82) is 0 Å². The number of likely N-dealkylation sites (tertiary alicyclic amines) is 1. The molecular weight excluding hydrogens is 419 g/mol. The Hall–Kier alpha value is -2.69. The lowest BCUT2D eigenvalue weighted by Gasteiger charge is -2.25. The van der Waals surface area contributed by atoms with Gasteiger partial charge in [0.2, 0.25) is 11.0 Å². The number of nitrogens with zero attached hydrogens (tertiary/aromatic N) is 3. The van der Waals surface area contributed by atoms with E-state index in [1.165, 1.54) is 23.5 Å². The van der Waals surface area contributed by atoms with E-state index >= 15 is 0 Å². The molecule has 160 valence electrons. The Morgan fingerprint density at radius 1 is 1.30 bits per heavy atom. The molecule has 4 rings (SSSR count). The minimum Gasteiger partial charge on any atom is -0.340 e. The highest BCUT2D eigenvalue weighted by Gasteiger charge is 2.32. The van der Waals surface area contributed by atoms with E-state index in [9.17, 15) is 22.8 Å². The lowest BCUT2D eigenvalue weighted by atomic mass is 10.0. The van der Waals surface area contributed by atoms with Crippen molar-refractivity contribution < 1.29 is 22.8 Å². The van der Waals surface area contributed by atoms with E-state index in [0.717, 1.165) is 30.0 Å². The summed E-state index contributed by atoms with van der Waals surface area (Å²) in [5.74, 6) is 0.326. The number of anilines is 1. The van der Waals surface area contributed by atoms with E-state index in [1.807, 2.05) is 0 Å². The summed E-state index contributed by atoms with van der Waals surface area (Å²) in [4.78, 5) is 26.1. The molecular formula is C19H20F3N5O2S. The molecule has 0 bridgehead atoms. The molecule has 2 fully saturated rings. The van der Waals surface area contributed by atoms with Gasteiger partial charge in [0.15, 0.2) is 0 Å². The lowest BCUT2D eigenvalue weighted by molar-refractivity contribution is -0.137. The van der Waals surface area contributed by atoms with Crippen molar-refractivity contribution in [2.24, 2.45) is 0 Å². The van der Waals surface area contributed by atoms with Gasteiger partial charge < -0.3 is 10.2 Å². The second-order valence-electron chi connectivity index (χ2n) is 7.44. The summed E-state index contributed by atoms with van der Waals surface area (Å²) in [6.07, 6.45) is -1.30. The van der Waals surface area contributed by atoms with Crippen LogP contribution in [0.2, 0.25) is 0 Å². The number of benzene rings is 1. The largest absolute Gasteiger partial charge is 0.416 e. The standard InChI is InChI=1S/C19H20F3N5O2S/c20-19(21,22)13-4-1-3-12(9-13)14(10-27-8-2-5-15(27)28)23-17(29)24-18-26-25-16(30-18)11-6-7-11/h1,3-4,9,11,14H,2,5-8,10H2,(H2,23,24,26,29)/t14-/m1/s1. The fourth-order valence-electron chi connectivity index (χ4n) is 3.36. The maximum Gasteiger partial charge on any atom is 0.416 e. The number of hydrogen-bond acceptors (Lipinski definition) is 5. The highest BCUT2D eigenvalue weighted by atomic mass is 32.1. The van der Waals surface area contributed by atoms with E-state index in [1.54, 1.807) is 4.90 Å². The Kier molecular flexibility index (Phi) is 5.63. The second kappa shape index (κ2) is 8.21. The van der Waals surface area contributed by atoms with Crippen molar-refractivity contribution in [2.45, 2.75) is 43.8 Å². The van der Waals surface area contributed by atoms with Crippen LogP contribution in [-0.2, 0) is 11.0 Å². The zero-order chi connectivity index (χ0) is 21.3. The number of nitrogens with one attached hydrogen (secondary N) is 2. The van der Waals surface area contributed by atoms with Crippen LogP contribution >= 0.6 is 11.3 Å². The van der Waals surface area contributed by atoms with Crippen molar-refractivity contribution in [1.82, 2.24) is 20.4 Å². The third kappa shape index (κ3) is 4.89. The molecule has 1 aromatic carbocycles. The van der Waals surface area contributed by atoms with Crippen LogP contribution in [0.1, 0.15) is 53.8 Å². The van der Waals surface area contributed by atoms with E-state index in [-0.39, 0.29) is 18.0 Å². The molecule has 1 aliphatic carbocycles. The number of carbonyl (C=O) groups is 2. The van der Waals surface area contributed by atoms with Crippen LogP contribution in [0.15, 0.2) is 24.3 Å². The molecule has 2 aromatic rings. The molecule has 0 radical (unpaired) electrons. The topological polar surface area (TPSA) is 87.2 Å². The Labute approximate surface area is 174 Å². The number of urea groups is 1. The molecule has 2 aliphatic rings. The zero-order valence-electron chi connectivity index (χ0n) is 15.9. The van der Waals surface area contributed by atoms with Gasteiger partial charge in [-0.1, -0.05) is 23.5 Å². The fraction of sp³-hybridized carbons (Fsp3) is 0.474. The molecule has 1 aromatic heterocycles. The molecule has 1 atom stereocenters. The van der Waals surface area contributed by atoms with Crippen LogP contribution < -0.4 is 10.6 Å². The fourth-order valence-corrected chi connectivity index (χ4v) is 4.26. The zero-order valence-corrected chi connectivity index (χ0v) is 16.7. The summed E-state index contributed by atoms with van der Waals surface area (Å²) in [6.45, 7) is 0.607. The average Bonchev–Trinajstić information content (AvgIpc) is 3.32. The number of rotatable bonds is 6. The maximum absolute atomic E-state index is 13.1. The van der Waals surface area contributed by atoms with Crippen molar-refractivity contribution in [2.75, 3.05) is 18.4 Å². The Morgan fingerprint density at radius 3 is 2.77 bits per heavy atom. The first kappa shape index (κ1) is 20.6. The minimum atomic E-state index is -4.50.